The second-order valence-corrected chi connectivity index (χ2v) is 5.68. The number of nitrogens with zero attached hydrogens (tertiary/aromatic N) is 1. The van der Waals surface area contributed by atoms with Gasteiger partial charge in [0.05, 0.1) is 17.6 Å². The predicted octanol–water partition coefficient (Wildman–Crippen LogP) is 4.25. The number of amides is 1. The van der Waals surface area contributed by atoms with Crippen molar-refractivity contribution in [3.8, 4) is 11.3 Å². The van der Waals surface area contributed by atoms with Crippen LogP contribution in [0.1, 0.15) is 50.9 Å². The minimum atomic E-state index is 0.0490. The van der Waals surface area contributed by atoms with E-state index >= 15 is 0 Å². The van der Waals surface area contributed by atoms with Crippen molar-refractivity contribution in [1.29, 1.82) is 0 Å². The molecule has 0 radical (unpaired) electrons. The van der Waals surface area contributed by atoms with Gasteiger partial charge in [-0.3, -0.25) is 4.79 Å². The van der Waals surface area contributed by atoms with Crippen LogP contribution in [0.25, 0.3) is 11.3 Å². The number of aromatic amines is 1. The number of carbonyl (C=O) groups is 1. The van der Waals surface area contributed by atoms with Gasteiger partial charge in [0.25, 0.3) is 0 Å². The Bertz CT molecular complexity index is 629. The smallest absolute Gasteiger partial charge is 0.224 e. The average molecular weight is 285 g/mol. The fraction of sp³-hybridized carbons (Fsp3) is 0.412. The molecule has 1 heterocycles. The van der Waals surface area contributed by atoms with Gasteiger partial charge in [0.15, 0.2) is 0 Å². The van der Waals surface area contributed by atoms with E-state index in [1.54, 1.807) is 0 Å². The van der Waals surface area contributed by atoms with Gasteiger partial charge >= 0.3 is 0 Å². The van der Waals surface area contributed by atoms with E-state index in [1.807, 2.05) is 38.2 Å². The van der Waals surface area contributed by atoms with Crippen LogP contribution in [0, 0.1) is 6.92 Å². The van der Waals surface area contributed by atoms with E-state index in [1.165, 1.54) is 0 Å². The van der Waals surface area contributed by atoms with E-state index in [2.05, 4.69) is 29.1 Å². The lowest BCUT2D eigenvalue weighted by atomic mass is 10.1. The zero-order chi connectivity index (χ0) is 15.4. The third-order valence-electron chi connectivity index (χ3n) is 3.36. The van der Waals surface area contributed by atoms with E-state index in [4.69, 9.17) is 0 Å². The van der Waals surface area contributed by atoms with Crippen LogP contribution < -0.4 is 5.32 Å². The highest BCUT2D eigenvalue weighted by Gasteiger charge is 2.12. The Balaban J connectivity index is 2.35. The van der Waals surface area contributed by atoms with Crippen LogP contribution in [0.5, 0.6) is 0 Å². The maximum absolute atomic E-state index is 11.9. The number of anilines is 1. The molecule has 2 N–H and O–H groups in total. The number of aryl methyl sites for hydroxylation is 1. The molecule has 1 amide bonds. The number of rotatable bonds is 5. The van der Waals surface area contributed by atoms with Crippen LogP contribution in [0.4, 0.5) is 5.69 Å². The molecule has 0 saturated carbocycles. The molecule has 0 spiro atoms. The Labute approximate surface area is 126 Å². The van der Waals surface area contributed by atoms with Crippen molar-refractivity contribution in [3.63, 3.8) is 0 Å². The summed E-state index contributed by atoms with van der Waals surface area (Å²) in [5, 5.41) is 3.00. The van der Waals surface area contributed by atoms with Crippen LogP contribution in [-0.4, -0.2) is 15.9 Å². The van der Waals surface area contributed by atoms with E-state index in [0.29, 0.717) is 12.3 Å². The van der Waals surface area contributed by atoms with Crippen molar-refractivity contribution in [1.82, 2.24) is 9.97 Å². The summed E-state index contributed by atoms with van der Waals surface area (Å²) in [6, 6.07) is 6.06. The van der Waals surface area contributed by atoms with Gasteiger partial charge in [-0.1, -0.05) is 32.9 Å². The van der Waals surface area contributed by atoms with Crippen molar-refractivity contribution in [3.05, 3.63) is 35.8 Å². The molecule has 112 valence electrons. The van der Waals surface area contributed by atoms with Gasteiger partial charge in [-0.05, 0) is 25.0 Å². The quantitative estimate of drug-likeness (QED) is 0.863. The number of imidazole rings is 1. The second kappa shape index (κ2) is 6.57. The van der Waals surface area contributed by atoms with Crippen LogP contribution >= 0.6 is 0 Å². The molecule has 0 fully saturated rings. The summed E-state index contributed by atoms with van der Waals surface area (Å²) in [5.41, 5.74) is 3.87. The van der Waals surface area contributed by atoms with Gasteiger partial charge in [0.1, 0.15) is 5.82 Å². The minimum absolute atomic E-state index is 0.0490. The molecule has 1 aromatic carbocycles. The molecule has 4 heteroatoms. The molecule has 1 aromatic heterocycles. The summed E-state index contributed by atoms with van der Waals surface area (Å²) in [4.78, 5) is 19.6. The molecular weight excluding hydrogens is 262 g/mol. The number of carbonyl (C=O) groups excluding carboxylic acids is 1. The lowest BCUT2D eigenvalue weighted by Crippen LogP contribution is -2.11. The first kappa shape index (κ1) is 15.3. The normalized spacial score (nSPS) is 10.9. The van der Waals surface area contributed by atoms with Crippen molar-refractivity contribution in [2.45, 2.75) is 46.5 Å². The van der Waals surface area contributed by atoms with Crippen LogP contribution in [-0.2, 0) is 4.79 Å². The topological polar surface area (TPSA) is 57.8 Å². The number of hydrogen-bond acceptors (Lipinski definition) is 2. The molecule has 0 aliphatic heterocycles. The van der Waals surface area contributed by atoms with Crippen molar-refractivity contribution >= 4 is 11.6 Å². The number of hydrogen-bond donors (Lipinski definition) is 2. The van der Waals surface area contributed by atoms with Crippen LogP contribution in [0.3, 0.4) is 0 Å². The Morgan fingerprint density at radius 3 is 2.76 bits per heavy atom. The highest BCUT2D eigenvalue weighted by Crippen LogP contribution is 2.29. The molecule has 0 aliphatic rings. The minimum Gasteiger partial charge on any atom is -0.342 e. The molecule has 2 rings (SSSR count). The van der Waals surface area contributed by atoms with Crippen molar-refractivity contribution in [2.24, 2.45) is 0 Å². The maximum atomic E-state index is 11.9. The van der Waals surface area contributed by atoms with Crippen LogP contribution in [0.2, 0.25) is 0 Å². The molecule has 4 nitrogen and oxygen atoms in total. The van der Waals surface area contributed by atoms with Gasteiger partial charge < -0.3 is 10.3 Å². The molecule has 0 unspecified atom stereocenters. The van der Waals surface area contributed by atoms with Gasteiger partial charge in [0, 0.05) is 17.9 Å². The number of aromatic nitrogens is 2. The average Bonchev–Trinajstić information content (AvgIpc) is 2.88. The second-order valence-electron chi connectivity index (χ2n) is 5.68. The van der Waals surface area contributed by atoms with Gasteiger partial charge in [-0.15, -0.1) is 0 Å². The highest BCUT2D eigenvalue weighted by molar-refractivity contribution is 5.95. The standard InChI is InChI=1S/C17H23N3O/c1-5-6-16(21)19-14-9-12(4)7-8-13(14)15-10-18-17(20-15)11(2)3/h7-11H,5-6H2,1-4H3,(H,18,20)(H,19,21). The predicted molar refractivity (Wildman–Crippen MR) is 86.4 cm³/mol. The lowest BCUT2D eigenvalue weighted by molar-refractivity contribution is -0.116. The summed E-state index contributed by atoms with van der Waals surface area (Å²) in [6.45, 7) is 8.22. The van der Waals surface area contributed by atoms with Crippen LogP contribution in [0.15, 0.2) is 24.4 Å². The molecule has 0 saturated heterocycles. The first-order chi connectivity index (χ1) is 10.0. The molecule has 21 heavy (non-hydrogen) atoms. The zero-order valence-electron chi connectivity index (χ0n) is 13.2. The summed E-state index contributed by atoms with van der Waals surface area (Å²) in [7, 11) is 0. The molecule has 0 atom stereocenters. The first-order valence-electron chi connectivity index (χ1n) is 7.47. The summed E-state index contributed by atoms with van der Waals surface area (Å²) >= 11 is 0. The Hall–Kier alpha value is -2.10. The molecule has 2 aromatic rings. The zero-order valence-corrected chi connectivity index (χ0v) is 13.2. The molecule has 0 aliphatic carbocycles. The summed E-state index contributed by atoms with van der Waals surface area (Å²) < 4.78 is 0. The third kappa shape index (κ3) is 3.72. The van der Waals surface area contributed by atoms with E-state index in [0.717, 1.165) is 34.8 Å². The summed E-state index contributed by atoms with van der Waals surface area (Å²) in [5.74, 6) is 1.35. The highest BCUT2D eigenvalue weighted by atomic mass is 16.1. The SMILES string of the molecule is CCCC(=O)Nc1cc(C)ccc1-c1cnc(C(C)C)[nH]1. The largest absolute Gasteiger partial charge is 0.342 e. The lowest BCUT2D eigenvalue weighted by Gasteiger charge is -2.11. The first-order valence-corrected chi connectivity index (χ1v) is 7.47. The Morgan fingerprint density at radius 2 is 2.14 bits per heavy atom. The fourth-order valence-corrected chi connectivity index (χ4v) is 2.20. The van der Waals surface area contributed by atoms with E-state index in [9.17, 15) is 4.79 Å². The Morgan fingerprint density at radius 1 is 1.38 bits per heavy atom. The van der Waals surface area contributed by atoms with Crippen molar-refractivity contribution in [2.75, 3.05) is 5.32 Å². The summed E-state index contributed by atoms with van der Waals surface area (Å²) in [6.07, 6.45) is 3.21. The monoisotopic (exact) mass is 285 g/mol. The van der Waals surface area contributed by atoms with Gasteiger partial charge in [-0.25, -0.2) is 4.98 Å². The van der Waals surface area contributed by atoms with Gasteiger partial charge in [0.2, 0.25) is 5.91 Å². The molecule has 0 bridgehead atoms. The molecular formula is C17H23N3O. The van der Waals surface area contributed by atoms with E-state index < -0.39 is 0 Å². The number of H-pyrrole nitrogens is 1. The number of benzene rings is 1. The van der Waals surface area contributed by atoms with Gasteiger partial charge in [-0.2, -0.15) is 0 Å². The van der Waals surface area contributed by atoms with Crippen molar-refractivity contribution < 1.29 is 4.79 Å². The number of nitrogens with one attached hydrogen (secondary N) is 2. The van der Waals surface area contributed by atoms with E-state index in [-0.39, 0.29) is 5.91 Å². The third-order valence-corrected chi connectivity index (χ3v) is 3.36. The Kier molecular flexibility index (Phi) is 4.78. The fourth-order valence-electron chi connectivity index (χ4n) is 2.20. The maximum Gasteiger partial charge on any atom is 0.224 e.